The van der Waals surface area contributed by atoms with Crippen LogP contribution in [0.4, 0.5) is 18.0 Å². The van der Waals surface area contributed by atoms with E-state index in [2.05, 4.69) is 10.6 Å². The van der Waals surface area contributed by atoms with E-state index in [-0.39, 0.29) is 19.4 Å². The molecule has 13 nitrogen and oxygen atoms in total. The van der Waals surface area contributed by atoms with Gasteiger partial charge in [-0.25, -0.2) is 14.4 Å². The highest BCUT2D eigenvalue weighted by Gasteiger charge is 2.64. The van der Waals surface area contributed by atoms with Crippen LogP contribution in [0.3, 0.4) is 0 Å². The van der Waals surface area contributed by atoms with E-state index >= 15 is 0 Å². The number of aliphatic carboxylic acids is 2. The van der Waals surface area contributed by atoms with Crippen molar-refractivity contribution in [2.45, 2.75) is 82.5 Å². The summed E-state index contributed by atoms with van der Waals surface area (Å²) in [7, 11) is 0. The molecule has 1 aromatic carbocycles. The lowest BCUT2D eigenvalue weighted by Gasteiger charge is -2.52. The van der Waals surface area contributed by atoms with E-state index < -0.39 is 72.2 Å². The molecule has 1 heterocycles. The standard InChI is InChI=1S/C22H33N3O8.C2HF3O2/c1-4-14(27)16-17(23)18(25-12(3)26)19(33-22(16,20(29)30)15(28)5-2)32-21(31)24-11-13-9-7-6-8-10-13;3-2(4,5)1(6)7/h6-10,14-19,27-28H,4-5,11,23H2,1-3H3,(H,24,31)(H,25,26)(H,29,30);(H,6,7)/t14?,15?,16?,17-,18+,19-,22?;/m0./s1. The summed E-state index contributed by atoms with van der Waals surface area (Å²) in [6.45, 7) is 4.50. The molecule has 0 aliphatic carbocycles. The number of alkyl carbamates (subject to hydrolysis) is 1. The number of halogens is 3. The molecule has 0 aromatic heterocycles. The third-order valence-electron chi connectivity index (χ3n) is 6.09. The van der Waals surface area contributed by atoms with Crippen LogP contribution >= 0.6 is 0 Å². The number of carboxylic acid groups (broad SMARTS) is 2. The monoisotopic (exact) mass is 581 g/mol. The van der Waals surface area contributed by atoms with Gasteiger partial charge < -0.3 is 46.3 Å². The molecule has 8 N–H and O–H groups in total. The molecule has 226 valence electrons. The van der Waals surface area contributed by atoms with E-state index in [1.807, 2.05) is 6.07 Å². The number of amides is 2. The fourth-order valence-corrected chi connectivity index (χ4v) is 4.18. The molecule has 0 radical (unpaired) electrons. The lowest BCUT2D eigenvalue weighted by Crippen LogP contribution is -2.76. The van der Waals surface area contributed by atoms with E-state index in [0.717, 1.165) is 5.56 Å². The summed E-state index contributed by atoms with van der Waals surface area (Å²) in [6.07, 6.45) is -10.4. The van der Waals surface area contributed by atoms with Crippen LogP contribution in [-0.2, 0) is 30.4 Å². The summed E-state index contributed by atoms with van der Waals surface area (Å²) in [6, 6.07) is 6.60. The predicted octanol–water partition coefficient (Wildman–Crippen LogP) is 0.716. The SMILES string of the molecule is CCC(O)C1[C@H](N)[C@@H](NC(C)=O)[C@@H](OC(=O)NCc2ccccc2)OC1(C(=O)O)C(O)CC.O=C(O)C(F)(F)F. The predicted molar refractivity (Wildman–Crippen MR) is 130 cm³/mol. The van der Waals surface area contributed by atoms with Gasteiger partial charge in [0.2, 0.25) is 17.8 Å². The maximum absolute atomic E-state index is 12.5. The van der Waals surface area contributed by atoms with Gasteiger partial charge >= 0.3 is 24.2 Å². The van der Waals surface area contributed by atoms with Gasteiger partial charge in [0, 0.05) is 25.4 Å². The summed E-state index contributed by atoms with van der Waals surface area (Å²) in [5.41, 5.74) is 4.77. The van der Waals surface area contributed by atoms with Crippen molar-refractivity contribution < 1.29 is 62.2 Å². The minimum atomic E-state index is -5.08. The van der Waals surface area contributed by atoms with Crippen molar-refractivity contribution in [3.05, 3.63) is 35.9 Å². The van der Waals surface area contributed by atoms with Crippen LogP contribution < -0.4 is 16.4 Å². The van der Waals surface area contributed by atoms with Crippen LogP contribution in [0.15, 0.2) is 30.3 Å². The van der Waals surface area contributed by atoms with Crippen molar-refractivity contribution in [2.24, 2.45) is 11.7 Å². The molecule has 2 amide bonds. The molecule has 0 bridgehead atoms. The zero-order chi connectivity index (χ0) is 30.8. The fourth-order valence-electron chi connectivity index (χ4n) is 4.18. The largest absolute Gasteiger partial charge is 0.490 e. The van der Waals surface area contributed by atoms with Gasteiger partial charge in [-0.3, -0.25) is 4.79 Å². The highest BCUT2D eigenvalue weighted by atomic mass is 19.4. The van der Waals surface area contributed by atoms with Gasteiger partial charge in [0.25, 0.3) is 0 Å². The van der Waals surface area contributed by atoms with Crippen LogP contribution in [0.1, 0.15) is 39.2 Å². The maximum Gasteiger partial charge on any atom is 0.490 e. The molecule has 4 unspecified atom stereocenters. The topological polar surface area (TPSA) is 218 Å². The number of ether oxygens (including phenoxy) is 2. The number of carbonyl (C=O) groups excluding carboxylic acids is 2. The Morgan fingerprint density at radius 3 is 2.08 bits per heavy atom. The second-order valence-electron chi connectivity index (χ2n) is 8.86. The smallest absolute Gasteiger partial charge is 0.479 e. The Morgan fingerprint density at radius 2 is 1.65 bits per heavy atom. The van der Waals surface area contributed by atoms with Gasteiger partial charge in [-0.05, 0) is 18.4 Å². The first kappa shape index (κ1) is 34.6. The molecule has 7 atom stereocenters. The second-order valence-corrected chi connectivity index (χ2v) is 8.86. The first-order chi connectivity index (χ1) is 18.5. The number of alkyl halides is 3. The molecule has 2 rings (SSSR count). The lowest BCUT2D eigenvalue weighted by atomic mass is 9.69. The third-order valence-corrected chi connectivity index (χ3v) is 6.09. The molecular formula is C24H34F3N3O10. The van der Waals surface area contributed by atoms with Crippen molar-refractivity contribution >= 4 is 23.9 Å². The zero-order valence-corrected chi connectivity index (χ0v) is 21.9. The zero-order valence-electron chi connectivity index (χ0n) is 21.9. The molecule has 40 heavy (non-hydrogen) atoms. The number of hydrogen-bond acceptors (Lipinski definition) is 9. The van der Waals surface area contributed by atoms with Gasteiger partial charge in [-0.2, -0.15) is 13.2 Å². The van der Waals surface area contributed by atoms with Crippen LogP contribution in [-0.4, -0.2) is 86.7 Å². The summed E-state index contributed by atoms with van der Waals surface area (Å²) in [4.78, 5) is 45.6. The second kappa shape index (κ2) is 14.8. The Bertz CT molecular complexity index is 1010. The van der Waals surface area contributed by atoms with Crippen molar-refractivity contribution in [1.29, 1.82) is 0 Å². The summed E-state index contributed by atoms with van der Waals surface area (Å²) in [5, 5.41) is 43.6. The number of carbonyl (C=O) groups is 4. The van der Waals surface area contributed by atoms with Gasteiger partial charge in [-0.1, -0.05) is 44.2 Å². The molecule has 0 saturated carbocycles. The minimum Gasteiger partial charge on any atom is -0.479 e. The van der Waals surface area contributed by atoms with Crippen LogP contribution in [0.2, 0.25) is 0 Å². The number of rotatable bonds is 9. The van der Waals surface area contributed by atoms with Crippen molar-refractivity contribution in [3.63, 3.8) is 0 Å². The molecular weight excluding hydrogens is 547 g/mol. The number of hydrogen-bond donors (Lipinski definition) is 7. The van der Waals surface area contributed by atoms with E-state index in [4.69, 9.17) is 25.1 Å². The average molecular weight is 582 g/mol. The number of aliphatic hydroxyl groups is 2. The number of aliphatic hydroxyl groups excluding tert-OH is 2. The van der Waals surface area contributed by atoms with Gasteiger partial charge in [0.05, 0.1) is 12.2 Å². The van der Waals surface area contributed by atoms with Gasteiger partial charge in [0.1, 0.15) is 6.04 Å². The Hall–Kier alpha value is -3.47. The summed E-state index contributed by atoms with van der Waals surface area (Å²) < 4.78 is 42.8. The van der Waals surface area contributed by atoms with Gasteiger partial charge in [-0.15, -0.1) is 0 Å². The lowest BCUT2D eigenvalue weighted by molar-refractivity contribution is -0.288. The summed E-state index contributed by atoms with van der Waals surface area (Å²) in [5.74, 6) is -6.16. The Labute approximate surface area is 227 Å². The third kappa shape index (κ3) is 8.77. The van der Waals surface area contributed by atoms with E-state index in [9.17, 15) is 42.9 Å². The molecule has 1 aliphatic rings. The maximum atomic E-state index is 12.5. The molecule has 1 aliphatic heterocycles. The van der Waals surface area contributed by atoms with E-state index in [0.29, 0.717) is 0 Å². The van der Waals surface area contributed by atoms with E-state index in [1.165, 1.54) is 6.92 Å². The van der Waals surface area contributed by atoms with Crippen LogP contribution in [0.5, 0.6) is 0 Å². The van der Waals surface area contributed by atoms with Crippen molar-refractivity contribution in [3.8, 4) is 0 Å². The minimum absolute atomic E-state index is 0.0380. The highest BCUT2D eigenvalue weighted by Crippen LogP contribution is 2.41. The molecule has 0 spiro atoms. The number of nitrogens with one attached hydrogen (secondary N) is 2. The van der Waals surface area contributed by atoms with E-state index in [1.54, 1.807) is 38.1 Å². The Morgan fingerprint density at radius 1 is 1.10 bits per heavy atom. The molecule has 1 aromatic rings. The molecule has 1 saturated heterocycles. The van der Waals surface area contributed by atoms with Crippen LogP contribution in [0, 0.1) is 5.92 Å². The first-order valence-electron chi connectivity index (χ1n) is 12.1. The average Bonchev–Trinajstić information content (AvgIpc) is 2.88. The quantitative estimate of drug-likeness (QED) is 0.215. The van der Waals surface area contributed by atoms with Crippen molar-refractivity contribution in [2.75, 3.05) is 0 Å². The normalized spacial score (nSPS) is 25.8. The number of carboxylic acids is 2. The first-order valence-corrected chi connectivity index (χ1v) is 12.1. The highest BCUT2D eigenvalue weighted by molar-refractivity contribution is 5.80. The molecule has 16 heteroatoms. The van der Waals surface area contributed by atoms with Crippen molar-refractivity contribution in [1.82, 2.24) is 10.6 Å². The summed E-state index contributed by atoms with van der Waals surface area (Å²) >= 11 is 0. The number of nitrogens with two attached hydrogens (primary N) is 1. The molecule has 1 fully saturated rings. The van der Waals surface area contributed by atoms with Crippen LogP contribution in [0.25, 0.3) is 0 Å². The van der Waals surface area contributed by atoms with Gasteiger partial charge in [0.15, 0.2) is 0 Å². The Balaban J connectivity index is 0.00000101. The Kier molecular flexibility index (Phi) is 12.8. The fraction of sp³-hybridized carbons (Fsp3) is 0.583. The number of benzene rings is 1.